The second kappa shape index (κ2) is 6.20. The molecular formula is C10H18N2O6S. The molecule has 9 heteroatoms. The third-order valence-corrected chi connectivity index (χ3v) is 4.12. The molecule has 0 spiro atoms. The van der Waals surface area contributed by atoms with Gasteiger partial charge >= 0.3 is 22.3 Å². The van der Waals surface area contributed by atoms with Crippen molar-refractivity contribution in [2.75, 3.05) is 6.54 Å². The summed E-state index contributed by atoms with van der Waals surface area (Å²) in [6.45, 7) is 3.38. The van der Waals surface area contributed by atoms with Crippen LogP contribution in [0.1, 0.15) is 33.1 Å². The topological polar surface area (TPSA) is 113 Å². The van der Waals surface area contributed by atoms with Gasteiger partial charge in [0.2, 0.25) is 0 Å². The number of hydrogen-bond acceptors (Lipinski definition) is 5. The van der Waals surface area contributed by atoms with Gasteiger partial charge in [0.25, 0.3) is 0 Å². The Hall–Kier alpha value is -1.35. The first kappa shape index (κ1) is 15.7. The molecule has 19 heavy (non-hydrogen) atoms. The van der Waals surface area contributed by atoms with Crippen molar-refractivity contribution in [2.45, 2.75) is 45.3 Å². The molecule has 2 N–H and O–H groups in total. The van der Waals surface area contributed by atoms with Crippen LogP contribution in [0.25, 0.3) is 0 Å². The number of aliphatic carboxylic acids is 1. The predicted molar refractivity (Wildman–Crippen MR) is 65.7 cm³/mol. The van der Waals surface area contributed by atoms with Crippen LogP contribution in [0.5, 0.6) is 0 Å². The van der Waals surface area contributed by atoms with E-state index < -0.39 is 34.4 Å². The molecule has 0 aliphatic carbocycles. The molecule has 1 heterocycles. The van der Waals surface area contributed by atoms with E-state index >= 15 is 0 Å². The van der Waals surface area contributed by atoms with E-state index in [-0.39, 0.29) is 13.0 Å². The highest BCUT2D eigenvalue weighted by Crippen LogP contribution is 2.22. The monoisotopic (exact) mass is 294 g/mol. The summed E-state index contributed by atoms with van der Waals surface area (Å²) in [6, 6.07) is -0.623. The first-order valence-corrected chi connectivity index (χ1v) is 7.38. The highest BCUT2D eigenvalue weighted by Gasteiger charge is 2.36. The number of nitrogens with zero attached hydrogens (tertiary/aromatic N) is 1. The van der Waals surface area contributed by atoms with Crippen molar-refractivity contribution in [3.8, 4) is 0 Å². The number of amides is 1. The van der Waals surface area contributed by atoms with Crippen LogP contribution in [0.15, 0.2) is 0 Å². The normalized spacial score (nSPS) is 20.5. The van der Waals surface area contributed by atoms with Crippen molar-refractivity contribution in [1.29, 1.82) is 0 Å². The largest absolute Gasteiger partial charge is 0.481 e. The van der Waals surface area contributed by atoms with E-state index in [9.17, 15) is 18.0 Å². The average Bonchev–Trinajstić information content (AvgIpc) is 2.62. The number of carboxylic acids is 1. The molecule has 1 aliphatic heterocycles. The molecule has 0 radical (unpaired) electrons. The number of carboxylic acid groups (broad SMARTS) is 1. The number of carbonyl (C=O) groups excluding carboxylic acids is 1. The minimum Gasteiger partial charge on any atom is -0.481 e. The summed E-state index contributed by atoms with van der Waals surface area (Å²) in [7, 11) is -4.05. The highest BCUT2D eigenvalue weighted by atomic mass is 32.2. The summed E-state index contributed by atoms with van der Waals surface area (Å²) in [6.07, 6.45) is -0.746. The molecule has 1 saturated heterocycles. The van der Waals surface area contributed by atoms with Gasteiger partial charge in [-0.2, -0.15) is 12.7 Å². The van der Waals surface area contributed by atoms with Crippen LogP contribution in [-0.2, 0) is 19.7 Å². The van der Waals surface area contributed by atoms with Gasteiger partial charge in [-0.15, -0.1) is 0 Å². The Morgan fingerprint density at radius 2 is 2.11 bits per heavy atom. The van der Waals surface area contributed by atoms with Gasteiger partial charge in [0, 0.05) is 12.6 Å². The minimum absolute atomic E-state index is 0.197. The zero-order chi connectivity index (χ0) is 14.6. The van der Waals surface area contributed by atoms with Crippen LogP contribution >= 0.6 is 0 Å². The minimum atomic E-state index is -4.05. The number of carbonyl (C=O) groups is 2. The Bertz CT molecular complexity index is 447. The summed E-state index contributed by atoms with van der Waals surface area (Å²) in [5.74, 6) is -1.07. The number of hydrogen-bond donors (Lipinski definition) is 2. The lowest BCUT2D eigenvalue weighted by atomic mass is 10.2. The molecule has 0 saturated carbocycles. The van der Waals surface area contributed by atoms with Gasteiger partial charge in [-0.3, -0.25) is 4.79 Å². The van der Waals surface area contributed by atoms with Gasteiger partial charge in [-0.1, -0.05) is 0 Å². The quantitative estimate of drug-likeness (QED) is 0.754. The Morgan fingerprint density at radius 3 is 2.63 bits per heavy atom. The molecule has 1 rings (SSSR count). The molecule has 0 aromatic heterocycles. The van der Waals surface area contributed by atoms with Gasteiger partial charge in [0.1, 0.15) is 0 Å². The summed E-state index contributed by atoms with van der Waals surface area (Å²) >= 11 is 0. The van der Waals surface area contributed by atoms with E-state index in [0.29, 0.717) is 12.8 Å². The fourth-order valence-electron chi connectivity index (χ4n) is 1.93. The molecule has 8 nitrogen and oxygen atoms in total. The lowest BCUT2D eigenvalue weighted by Crippen LogP contribution is -2.46. The molecule has 1 atom stereocenters. The third-order valence-electron chi connectivity index (χ3n) is 2.60. The maximum absolute atomic E-state index is 11.9. The molecule has 0 bridgehead atoms. The number of rotatable bonds is 5. The molecule has 0 aromatic carbocycles. The molecule has 0 aromatic rings. The fourth-order valence-corrected chi connectivity index (χ4v) is 3.25. The molecule has 1 unspecified atom stereocenters. The second-order valence-corrected chi connectivity index (χ2v) is 6.19. The van der Waals surface area contributed by atoms with Gasteiger partial charge in [-0.05, 0) is 26.7 Å². The summed E-state index contributed by atoms with van der Waals surface area (Å²) in [4.78, 5) is 22.0. The van der Waals surface area contributed by atoms with E-state index in [2.05, 4.69) is 4.74 Å². The van der Waals surface area contributed by atoms with Gasteiger partial charge in [-0.25, -0.2) is 9.52 Å². The lowest BCUT2D eigenvalue weighted by Gasteiger charge is -2.22. The van der Waals surface area contributed by atoms with E-state index in [4.69, 9.17) is 5.11 Å². The van der Waals surface area contributed by atoms with Crippen molar-refractivity contribution in [2.24, 2.45) is 0 Å². The van der Waals surface area contributed by atoms with Crippen molar-refractivity contribution in [1.82, 2.24) is 9.03 Å². The standard InChI is InChI=1S/C10H18N2O6S/c1-7(2)18-10(15)11-19(16,17)12-5-3-4-8(12)6-9(13)14/h7-8H,3-6H2,1-2H3,(H,11,15)(H,13,14). The van der Waals surface area contributed by atoms with Crippen LogP contribution < -0.4 is 4.72 Å². The Labute approximate surface area is 111 Å². The zero-order valence-corrected chi connectivity index (χ0v) is 11.6. The average molecular weight is 294 g/mol. The van der Waals surface area contributed by atoms with Crippen LogP contribution in [0.3, 0.4) is 0 Å². The van der Waals surface area contributed by atoms with Crippen LogP contribution in [-0.4, -0.2) is 48.6 Å². The molecule has 1 fully saturated rings. The molecule has 1 aliphatic rings. The van der Waals surface area contributed by atoms with E-state index in [1.54, 1.807) is 18.6 Å². The molecular weight excluding hydrogens is 276 g/mol. The van der Waals surface area contributed by atoms with Crippen molar-refractivity contribution < 1.29 is 27.9 Å². The van der Waals surface area contributed by atoms with Crippen molar-refractivity contribution in [3.63, 3.8) is 0 Å². The Kier molecular flexibility index (Phi) is 5.12. The van der Waals surface area contributed by atoms with Gasteiger partial charge in [0.05, 0.1) is 12.5 Å². The van der Waals surface area contributed by atoms with Crippen molar-refractivity contribution >= 4 is 22.3 Å². The SMILES string of the molecule is CC(C)OC(=O)NS(=O)(=O)N1CCCC1CC(=O)O. The van der Waals surface area contributed by atoms with Crippen LogP contribution in [0.2, 0.25) is 0 Å². The number of nitrogens with one attached hydrogen (secondary N) is 1. The first-order chi connectivity index (χ1) is 8.72. The predicted octanol–water partition coefficient (Wildman–Crippen LogP) is 0.305. The van der Waals surface area contributed by atoms with Gasteiger partial charge < -0.3 is 9.84 Å². The Balaban J connectivity index is 2.70. The third kappa shape index (κ3) is 4.67. The summed E-state index contributed by atoms with van der Waals surface area (Å²) < 4.78 is 31.3. The number of ether oxygens (including phenoxy) is 1. The fraction of sp³-hybridized carbons (Fsp3) is 0.800. The lowest BCUT2D eigenvalue weighted by molar-refractivity contribution is -0.137. The maximum atomic E-state index is 11.9. The Morgan fingerprint density at radius 1 is 1.47 bits per heavy atom. The maximum Gasteiger partial charge on any atom is 0.422 e. The summed E-state index contributed by atoms with van der Waals surface area (Å²) in [5.41, 5.74) is 0. The van der Waals surface area contributed by atoms with Crippen molar-refractivity contribution in [3.05, 3.63) is 0 Å². The van der Waals surface area contributed by atoms with Gasteiger partial charge in [0.15, 0.2) is 0 Å². The van der Waals surface area contributed by atoms with Crippen LogP contribution in [0, 0.1) is 0 Å². The second-order valence-electron chi connectivity index (χ2n) is 4.57. The van der Waals surface area contributed by atoms with E-state index in [1.807, 2.05) is 0 Å². The first-order valence-electron chi connectivity index (χ1n) is 5.94. The van der Waals surface area contributed by atoms with Crippen LogP contribution in [0.4, 0.5) is 4.79 Å². The highest BCUT2D eigenvalue weighted by molar-refractivity contribution is 7.87. The van der Waals surface area contributed by atoms with E-state index in [0.717, 1.165) is 4.31 Å². The van der Waals surface area contributed by atoms with E-state index in [1.165, 1.54) is 0 Å². The zero-order valence-electron chi connectivity index (χ0n) is 10.8. The smallest absolute Gasteiger partial charge is 0.422 e. The molecule has 1 amide bonds. The summed E-state index contributed by atoms with van der Waals surface area (Å²) in [5, 5.41) is 8.72. The molecule has 110 valence electrons.